The summed E-state index contributed by atoms with van der Waals surface area (Å²) < 4.78 is 1.65. The topological polar surface area (TPSA) is 55.1 Å². The molecule has 18 heavy (non-hydrogen) atoms. The molecule has 1 aromatic carbocycles. The molecule has 4 nitrogen and oxygen atoms in total. The van der Waals surface area contributed by atoms with Gasteiger partial charge < -0.3 is 5.11 Å². The first-order chi connectivity index (χ1) is 8.50. The van der Waals surface area contributed by atoms with E-state index in [-0.39, 0.29) is 11.5 Å². The Kier molecular flexibility index (Phi) is 3.19. The number of hydrogen-bond donors (Lipinski definition) is 1. The summed E-state index contributed by atoms with van der Waals surface area (Å²) in [7, 11) is 0. The van der Waals surface area contributed by atoms with Gasteiger partial charge in [-0.3, -0.25) is 0 Å². The fourth-order valence-electron chi connectivity index (χ4n) is 1.92. The van der Waals surface area contributed by atoms with Crippen molar-refractivity contribution in [2.45, 2.75) is 26.7 Å². The van der Waals surface area contributed by atoms with E-state index in [0.717, 1.165) is 11.3 Å². The summed E-state index contributed by atoms with van der Waals surface area (Å²) in [4.78, 5) is 11.2. The van der Waals surface area contributed by atoms with Crippen LogP contribution in [0.4, 0.5) is 0 Å². The number of para-hydroxylation sites is 1. The van der Waals surface area contributed by atoms with Crippen molar-refractivity contribution in [3.63, 3.8) is 0 Å². The Balaban J connectivity index is 2.57. The van der Waals surface area contributed by atoms with Gasteiger partial charge in [-0.25, -0.2) is 9.48 Å². The molecule has 0 bridgehead atoms. The van der Waals surface area contributed by atoms with Crippen molar-refractivity contribution in [1.29, 1.82) is 0 Å². The number of aromatic nitrogens is 2. The average Bonchev–Trinajstić information content (AvgIpc) is 2.74. The van der Waals surface area contributed by atoms with E-state index in [1.165, 1.54) is 0 Å². The molecule has 2 rings (SSSR count). The first kappa shape index (κ1) is 12.4. The second-order valence-corrected chi connectivity index (χ2v) is 4.62. The lowest BCUT2D eigenvalue weighted by Crippen LogP contribution is -2.01. The van der Waals surface area contributed by atoms with Crippen LogP contribution in [0.25, 0.3) is 5.69 Å². The largest absolute Gasteiger partial charge is 0.478 e. The molecule has 94 valence electrons. The van der Waals surface area contributed by atoms with Gasteiger partial charge in [0.05, 0.1) is 11.4 Å². The molecule has 0 spiro atoms. The van der Waals surface area contributed by atoms with Crippen LogP contribution in [-0.2, 0) is 0 Å². The second kappa shape index (κ2) is 4.64. The lowest BCUT2D eigenvalue weighted by molar-refractivity contribution is 0.0695. The van der Waals surface area contributed by atoms with Gasteiger partial charge in [0.1, 0.15) is 5.56 Å². The Bertz CT molecular complexity index is 585. The van der Waals surface area contributed by atoms with Crippen molar-refractivity contribution < 1.29 is 9.90 Å². The third-order valence-corrected chi connectivity index (χ3v) is 2.88. The van der Waals surface area contributed by atoms with Crippen molar-refractivity contribution in [2.75, 3.05) is 0 Å². The Morgan fingerprint density at radius 3 is 2.50 bits per heavy atom. The lowest BCUT2D eigenvalue weighted by atomic mass is 10.1. The molecule has 0 saturated heterocycles. The molecule has 0 aliphatic heterocycles. The smallest absolute Gasteiger partial charge is 0.339 e. The van der Waals surface area contributed by atoms with E-state index in [2.05, 4.69) is 5.10 Å². The van der Waals surface area contributed by atoms with Crippen LogP contribution in [0, 0.1) is 6.92 Å². The maximum atomic E-state index is 11.2. The van der Waals surface area contributed by atoms with Crippen LogP contribution in [0.3, 0.4) is 0 Å². The molecule has 1 N–H and O–H groups in total. The monoisotopic (exact) mass is 244 g/mol. The van der Waals surface area contributed by atoms with Crippen LogP contribution in [0.1, 0.15) is 41.4 Å². The molecule has 0 amide bonds. The van der Waals surface area contributed by atoms with E-state index < -0.39 is 5.97 Å². The number of benzene rings is 1. The van der Waals surface area contributed by atoms with Gasteiger partial charge in [0.2, 0.25) is 0 Å². The van der Waals surface area contributed by atoms with Crippen molar-refractivity contribution >= 4 is 5.97 Å². The van der Waals surface area contributed by atoms with E-state index in [0.29, 0.717) is 5.69 Å². The highest BCUT2D eigenvalue weighted by atomic mass is 16.4. The minimum absolute atomic E-state index is 0.0846. The predicted octanol–water partition coefficient (Wildman–Crippen LogP) is 3.00. The summed E-state index contributed by atoms with van der Waals surface area (Å²) in [5.74, 6) is -0.847. The summed E-state index contributed by atoms with van der Waals surface area (Å²) in [5.41, 5.74) is 2.86. The molecule has 1 heterocycles. The van der Waals surface area contributed by atoms with Crippen LogP contribution in [0.15, 0.2) is 30.5 Å². The van der Waals surface area contributed by atoms with Crippen molar-refractivity contribution in [3.8, 4) is 5.69 Å². The van der Waals surface area contributed by atoms with Gasteiger partial charge in [-0.05, 0) is 24.5 Å². The van der Waals surface area contributed by atoms with Gasteiger partial charge in [0.25, 0.3) is 0 Å². The normalized spacial score (nSPS) is 10.9. The number of rotatable bonds is 3. The van der Waals surface area contributed by atoms with Gasteiger partial charge in [-0.2, -0.15) is 5.10 Å². The molecule has 4 heteroatoms. The second-order valence-electron chi connectivity index (χ2n) is 4.62. The highest BCUT2D eigenvalue weighted by Gasteiger charge is 2.18. The van der Waals surface area contributed by atoms with Gasteiger partial charge in [-0.1, -0.05) is 32.0 Å². The zero-order chi connectivity index (χ0) is 13.3. The summed E-state index contributed by atoms with van der Waals surface area (Å²) in [6, 6.07) is 7.77. The van der Waals surface area contributed by atoms with Crippen LogP contribution in [0.2, 0.25) is 0 Å². The standard InChI is InChI=1S/C14H16N2O2/c1-9(2)13-11(14(17)18)8-16(15-13)12-7-5-4-6-10(12)3/h4-9H,1-3H3,(H,17,18). The zero-order valence-corrected chi connectivity index (χ0v) is 10.7. The van der Waals surface area contributed by atoms with Gasteiger partial charge in [0, 0.05) is 6.20 Å². The Morgan fingerprint density at radius 2 is 2.00 bits per heavy atom. The molecule has 0 atom stereocenters. The van der Waals surface area contributed by atoms with E-state index in [9.17, 15) is 9.90 Å². The third-order valence-electron chi connectivity index (χ3n) is 2.88. The third kappa shape index (κ3) is 2.14. The Hall–Kier alpha value is -2.10. The molecule has 0 aliphatic rings. The minimum Gasteiger partial charge on any atom is -0.478 e. The predicted molar refractivity (Wildman–Crippen MR) is 69.3 cm³/mol. The number of hydrogen-bond acceptors (Lipinski definition) is 2. The highest BCUT2D eigenvalue weighted by Crippen LogP contribution is 2.21. The number of aryl methyl sites for hydroxylation is 1. The molecule has 0 aliphatic carbocycles. The van der Waals surface area contributed by atoms with E-state index in [1.807, 2.05) is 45.0 Å². The van der Waals surface area contributed by atoms with Gasteiger partial charge in [-0.15, -0.1) is 0 Å². The maximum Gasteiger partial charge on any atom is 0.339 e. The number of aromatic carboxylic acids is 1. The molecule has 1 aromatic heterocycles. The van der Waals surface area contributed by atoms with Crippen molar-refractivity contribution in [1.82, 2.24) is 9.78 Å². The minimum atomic E-state index is -0.932. The van der Waals surface area contributed by atoms with Crippen molar-refractivity contribution in [3.05, 3.63) is 47.3 Å². The molecule has 2 aromatic rings. The fourth-order valence-corrected chi connectivity index (χ4v) is 1.92. The van der Waals surface area contributed by atoms with Crippen LogP contribution >= 0.6 is 0 Å². The summed E-state index contributed by atoms with van der Waals surface area (Å²) in [6.07, 6.45) is 1.58. The SMILES string of the molecule is Cc1ccccc1-n1cc(C(=O)O)c(C(C)C)n1. The summed E-state index contributed by atoms with van der Waals surface area (Å²) >= 11 is 0. The summed E-state index contributed by atoms with van der Waals surface area (Å²) in [6.45, 7) is 5.86. The molecular formula is C14H16N2O2. The van der Waals surface area contributed by atoms with Gasteiger partial charge >= 0.3 is 5.97 Å². The van der Waals surface area contributed by atoms with Gasteiger partial charge in [0.15, 0.2) is 0 Å². The number of nitrogens with zero attached hydrogens (tertiary/aromatic N) is 2. The molecule has 0 saturated carbocycles. The zero-order valence-electron chi connectivity index (χ0n) is 10.7. The first-order valence-electron chi connectivity index (χ1n) is 5.89. The highest BCUT2D eigenvalue weighted by molar-refractivity contribution is 5.89. The Labute approximate surface area is 106 Å². The molecule has 0 fully saturated rings. The number of carboxylic acids is 1. The number of carbonyl (C=O) groups is 1. The molecule has 0 unspecified atom stereocenters. The quantitative estimate of drug-likeness (QED) is 0.903. The van der Waals surface area contributed by atoms with E-state index in [1.54, 1.807) is 10.9 Å². The molecule has 0 radical (unpaired) electrons. The van der Waals surface area contributed by atoms with Crippen molar-refractivity contribution in [2.24, 2.45) is 0 Å². The first-order valence-corrected chi connectivity index (χ1v) is 5.89. The van der Waals surface area contributed by atoms with Crippen LogP contribution < -0.4 is 0 Å². The fraction of sp³-hybridized carbons (Fsp3) is 0.286. The lowest BCUT2D eigenvalue weighted by Gasteiger charge is -2.05. The molecular weight excluding hydrogens is 228 g/mol. The van der Waals surface area contributed by atoms with Crippen LogP contribution in [0.5, 0.6) is 0 Å². The van der Waals surface area contributed by atoms with E-state index >= 15 is 0 Å². The van der Waals surface area contributed by atoms with E-state index in [4.69, 9.17) is 0 Å². The maximum absolute atomic E-state index is 11.2. The number of carboxylic acid groups (broad SMARTS) is 1. The van der Waals surface area contributed by atoms with Crippen LogP contribution in [-0.4, -0.2) is 20.9 Å². The average molecular weight is 244 g/mol. The Morgan fingerprint density at radius 1 is 1.33 bits per heavy atom. The summed E-state index contributed by atoms with van der Waals surface area (Å²) in [5, 5.41) is 13.6.